The fourth-order valence-electron chi connectivity index (χ4n) is 3.86. The molecular weight excluding hydrogens is 356 g/mol. The Balaban J connectivity index is 1.61. The minimum atomic E-state index is -1.39. The van der Waals surface area contributed by atoms with E-state index in [1.165, 1.54) is 10.8 Å². The van der Waals surface area contributed by atoms with E-state index >= 15 is 4.39 Å². The van der Waals surface area contributed by atoms with Gasteiger partial charge < -0.3 is 19.9 Å². The number of rotatable bonds is 5. The predicted octanol–water partition coefficient (Wildman–Crippen LogP) is 2.25. The highest BCUT2D eigenvalue weighted by molar-refractivity contribution is 5.94. The number of aromatic carboxylic acids is 1. The van der Waals surface area contributed by atoms with Crippen molar-refractivity contribution in [3.63, 3.8) is 0 Å². The second-order valence-corrected chi connectivity index (χ2v) is 7.78. The molecule has 5 rings (SSSR count). The lowest BCUT2D eigenvalue weighted by atomic mass is 10.0. The first-order valence-electron chi connectivity index (χ1n) is 9.25. The highest BCUT2D eigenvalue weighted by Gasteiger charge is 2.36. The molecule has 2 saturated carbocycles. The largest absolute Gasteiger partial charge is 0.477 e. The van der Waals surface area contributed by atoms with Gasteiger partial charge in [-0.15, -0.1) is 0 Å². The number of pyridine rings is 1. The van der Waals surface area contributed by atoms with E-state index in [0.29, 0.717) is 19.1 Å². The van der Waals surface area contributed by atoms with Crippen molar-refractivity contribution in [2.75, 3.05) is 18.0 Å². The maximum absolute atomic E-state index is 15.4. The minimum absolute atomic E-state index is 0.00232. The van der Waals surface area contributed by atoms with Crippen LogP contribution in [0.25, 0.3) is 10.9 Å². The van der Waals surface area contributed by atoms with Gasteiger partial charge in [-0.3, -0.25) is 4.79 Å². The Bertz CT molecular complexity index is 1020. The normalized spacial score (nSPS) is 20.1. The third kappa shape index (κ3) is 2.70. The summed E-state index contributed by atoms with van der Waals surface area (Å²) in [6.45, 7) is 1.02. The molecule has 1 aromatic carbocycles. The van der Waals surface area contributed by atoms with Crippen molar-refractivity contribution in [2.45, 2.75) is 43.8 Å². The summed E-state index contributed by atoms with van der Waals surface area (Å²) >= 11 is 0. The van der Waals surface area contributed by atoms with Gasteiger partial charge in [-0.1, -0.05) is 0 Å². The van der Waals surface area contributed by atoms with Gasteiger partial charge in [0.1, 0.15) is 17.1 Å². The number of carboxylic acids is 1. The minimum Gasteiger partial charge on any atom is -0.477 e. The number of hydrogen-bond acceptors (Lipinski definition) is 4. The van der Waals surface area contributed by atoms with Crippen molar-refractivity contribution in [1.82, 2.24) is 9.88 Å². The molecule has 1 aliphatic heterocycles. The Labute approximate surface area is 153 Å². The predicted molar refractivity (Wildman–Crippen MR) is 95.5 cm³/mol. The first-order valence-corrected chi connectivity index (χ1v) is 9.25. The van der Waals surface area contributed by atoms with E-state index < -0.39 is 28.6 Å². The van der Waals surface area contributed by atoms with Crippen LogP contribution in [0, 0.1) is 11.6 Å². The second-order valence-electron chi connectivity index (χ2n) is 7.78. The number of carboxylic acid groups (broad SMARTS) is 1. The van der Waals surface area contributed by atoms with E-state index in [0.717, 1.165) is 31.7 Å². The molecule has 3 aliphatic rings. The van der Waals surface area contributed by atoms with Crippen LogP contribution in [0.1, 0.15) is 42.1 Å². The van der Waals surface area contributed by atoms with Crippen molar-refractivity contribution in [3.8, 4) is 0 Å². The molecule has 2 aliphatic carbocycles. The standard InChI is InChI=1S/C19H19F2N3O3/c20-14-5-12-16(24(11-3-4-11)8-13(18(12)25)19(26)27)15(21)17(14)23-6-10(7-23)22-9-1-2-9/h5,8-11,22H,1-4,6-7H2,(H,26,27). The highest BCUT2D eigenvalue weighted by atomic mass is 19.1. The SMILES string of the molecule is O=C(O)c1cn(C2CC2)c2c(F)c(N3CC(NC4CC4)C3)c(F)cc2c1=O. The van der Waals surface area contributed by atoms with Gasteiger partial charge in [0.2, 0.25) is 5.43 Å². The maximum Gasteiger partial charge on any atom is 0.341 e. The summed E-state index contributed by atoms with van der Waals surface area (Å²) in [5.41, 5.74) is -1.44. The quantitative estimate of drug-likeness (QED) is 0.839. The molecule has 27 heavy (non-hydrogen) atoms. The summed E-state index contributed by atoms with van der Waals surface area (Å²) in [5, 5.41) is 12.5. The van der Waals surface area contributed by atoms with Gasteiger partial charge in [-0.25, -0.2) is 13.6 Å². The molecule has 1 aromatic heterocycles. The maximum atomic E-state index is 15.4. The van der Waals surface area contributed by atoms with Gasteiger partial charge in [0.25, 0.3) is 0 Å². The smallest absolute Gasteiger partial charge is 0.341 e. The van der Waals surface area contributed by atoms with E-state index in [2.05, 4.69) is 5.32 Å². The Morgan fingerprint density at radius 3 is 2.44 bits per heavy atom. The topological polar surface area (TPSA) is 74.6 Å². The highest BCUT2D eigenvalue weighted by Crippen LogP contribution is 2.40. The average molecular weight is 375 g/mol. The van der Waals surface area contributed by atoms with E-state index in [1.807, 2.05) is 0 Å². The fraction of sp³-hybridized carbons (Fsp3) is 0.474. The summed E-state index contributed by atoms with van der Waals surface area (Å²) in [6, 6.07) is 1.67. The van der Waals surface area contributed by atoms with Crippen LogP contribution in [-0.4, -0.2) is 40.8 Å². The molecule has 1 saturated heterocycles. The Kier molecular flexibility index (Phi) is 3.56. The van der Waals surface area contributed by atoms with Crippen molar-refractivity contribution >= 4 is 22.6 Å². The summed E-state index contributed by atoms with van der Waals surface area (Å²) in [4.78, 5) is 25.5. The molecular formula is C19H19F2N3O3. The van der Waals surface area contributed by atoms with E-state index in [-0.39, 0.29) is 28.7 Å². The second kappa shape index (κ2) is 5.76. The number of aromatic nitrogens is 1. The van der Waals surface area contributed by atoms with E-state index in [9.17, 15) is 19.1 Å². The number of halogens is 2. The van der Waals surface area contributed by atoms with Gasteiger partial charge in [-0.05, 0) is 31.7 Å². The van der Waals surface area contributed by atoms with Crippen molar-refractivity contribution in [1.29, 1.82) is 0 Å². The molecule has 142 valence electrons. The number of hydrogen-bond donors (Lipinski definition) is 2. The zero-order chi connectivity index (χ0) is 18.9. The third-order valence-electron chi connectivity index (χ3n) is 5.60. The molecule has 0 amide bonds. The van der Waals surface area contributed by atoms with Crippen LogP contribution in [-0.2, 0) is 0 Å². The van der Waals surface area contributed by atoms with Gasteiger partial charge in [0.05, 0.1) is 10.9 Å². The number of nitrogens with one attached hydrogen (secondary N) is 1. The molecule has 0 radical (unpaired) electrons. The molecule has 0 unspecified atom stereocenters. The lowest BCUT2D eigenvalue weighted by Gasteiger charge is -2.42. The van der Waals surface area contributed by atoms with Crippen LogP contribution in [0.3, 0.4) is 0 Å². The summed E-state index contributed by atoms with van der Waals surface area (Å²) in [5.74, 6) is -3.00. The van der Waals surface area contributed by atoms with Crippen LogP contribution in [0.4, 0.5) is 14.5 Å². The Hall–Kier alpha value is -2.48. The summed E-state index contributed by atoms with van der Waals surface area (Å²) in [7, 11) is 0. The van der Waals surface area contributed by atoms with Crippen LogP contribution >= 0.6 is 0 Å². The van der Waals surface area contributed by atoms with Crippen molar-refractivity contribution in [3.05, 3.63) is 39.7 Å². The molecule has 0 atom stereocenters. The number of fused-ring (bicyclic) bond motifs is 1. The Morgan fingerprint density at radius 1 is 1.15 bits per heavy atom. The molecule has 8 heteroatoms. The lowest BCUT2D eigenvalue weighted by Crippen LogP contribution is -2.59. The molecule has 2 N–H and O–H groups in total. The van der Waals surface area contributed by atoms with E-state index in [1.54, 1.807) is 4.90 Å². The van der Waals surface area contributed by atoms with Gasteiger partial charge in [-0.2, -0.15) is 0 Å². The molecule has 0 spiro atoms. The Morgan fingerprint density at radius 2 is 1.85 bits per heavy atom. The average Bonchev–Trinajstić information content (AvgIpc) is 3.46. The van der Waals surface area contributed by atoms with Gasteiger partial charge >= 0.3 is 5.97 Å². The summed E-state index contributed by atoms with van der Waals surface area (Å²) < 4.78 is 31.6. The first-order chi connectivity index (χ1) is 12.9. The van der Waals surface area contributed by atoms with Gasteiger partial charge in [0, 0.05) is 37.4 Å². The van der Waals surface area contributed by atoms with Crippen LogP contribution in [0.15, 0.2) is 17.1 Å². The lowest BCUT2D eigenvalue weighted by molar-refractivity contribution is 0.0695. The third-order valence-corrected chi connectivity index (χ3v) is 5.60. The zero-order valence-electron chi connectivity index (χ0n) is 14.5. The summed E-state index contributed by atoms with van der Waals surface area (Å²) in [6.07, 6.45) is 5.05. The molecule has 0 bridgehead atoms. The molecule has 2 aromatic rings. The molecule has 3 fully saturated rings. The fourth-order valence-corrected chi connectivity index (χ4v) is 3.86. The van der Waals surface area contributed by atoms with Crippen molar-refractivity contribution < 1.29 is 18.7 Å². The molecule has 2 heterocycles. The van der Waals surface area contributed by atoms with Crippen LogP contribution < -0.4 is 15.6 Å². The van der Waals surface area contributed by atoms with Crippen molar-refractivity contribution in [2.24, 2.45) is 0 Å². The number of carbonyl (C=O) groups is 1. The number of benzene rings is 1. The van der Waals surface area contributed by atoms with Crippen LogP contribution in [0.2, 0.25) is 0 Å². The van der Waals surface area contributed by atoms with Crippen LogP contribution in [0.5, 0.6) is 0 Å². The monoisotopic (exact) mass is 375 g/mol. The molecule has 6 nitrogen and oxygen atoms in total. The number of nitrogens with zero attached hydrogens (tertiary/aromatic N) is 2. The first kappa shape index (κ1) is 16.7. The van der Waals surface area contributed by atoms with E-state index in [4.69, 9.17) is 0 Å². The number of anilines is 1. The zero-order valence-corrected chi connectivity index (χ0v) is 14.5. The van der Waals surface area contributed by atoms with Gasteiger partial charge in [0.15, 0.2) is 5.82 Å².